The van der Waals surface area contributed by atoms with E-state index in [0.717, 1.165) is 109 Å². The van der Waals surface area contributed by atoms with Crippen molar-refractivity contribution in [3.05, 3.63) is 85.1 Å². The second-order valence-electron chi connectivity index (χ2n) is 15.3. The summed E-state index contributed by atoms with van der Waals surface area (Å²) >= 11 is 0. The Bertz CT molecular complexity index is 1160. The van der Waals surface area contributed by atoms with Gasteiger partial charge in [0.1, 0.15) is 13.2 Å². The molecule has 0 N–H and O–H groups in total. The van der Waals surface area contributed by atoms with E-state index in [1.54, 1.807) is 0 Å². The van der Waals surface area contributed by atoms with E-state index in [1.807, 2.05) is 0 Å². The molecule has 0 aliphatic heterocycles. The quantitative estimate of drug-likeness (QED) is 0.0265. The first kappa shape index (κ1) is 54.6. The summed E-state index contributed by atoms with van der Waals surface area (Å²) in [6.45, 7) is 6.39. The van der Waals surface area contributed by atoms with E-state index in [1.165, 1.54) is 57.8 Å². The number of hydrogen-bond acceptors (Lipinski definition) is 6. The molecule has 0 amide bonds. The Morgan fingerprint density at radius 1 is 0.362 bits per heavy atom. The lowest BCUT2D eigenvalue weighted by Crippen LogP contribution is -2.30. The van der Waals surface area contributed by atoms with Gasteiger partial charge in [-0.3, -0.25) is 14.4 Å². The average Bonchev–Trinajstić information content (AvgIpc) is 3.22. The van der Waals surface area contributed by atoms with Gasteiger partial charge < -0.3 is 14.2 Å². The molecule has 0 aromatic carbocycles. The monoisotopic (exact) mass is 807 g/mol. The van der Waals surface area contributed by atoms with Crippen molar-refractivity contribution in [2.75, 3.05) is 13.2 Å². The van der Waals surface area contributed by atoms with E-state index in [-0.39, 0.29) is 31.1 Å². The van der Waals surface area contributed by atoms with Gasteiger partial charge in [0.15, 0.2) is 6.10 Å². The van der Waals surface area contributed by atoms with Crippen molar-refractivity contribution in [2.45, 2.75) is 213 Å². The summed E-state index contributed by atoms with van der Waals surface area (Å²) in [5.74, 6) is -0.940. The summed E-state index contributed by atoms with van der Waals surface area (Å²) in [7, 11) is 0. The third-order valence-electron chi connectivity index (χ3n) is 9.66. The molecule has 0 aromatic heterocycles. The van der Waals surface area contributed by atoms with Gasteiger partial charge in [-0.1, -0.05) is 196 Å². The maximum absolute atomic E-state index is 12.6. The summed E-state index contributed by atoms with van der Waals surface area (Å²) in [4.78, 5) is 37.5. The van der Waals surface area contributed by atoms with Crippen LogP contribution in [0.2, 0.25) is 0 Å². The molecule has 0 spiro atoms. The highest BCUT2D eigenvalue weighted by Gasteiger charge is 2.19. The SMILES string of the molecule is CC/C=C\C/C=C\C/C=C\C/C=C\C/C=C\C/C=C\C/C=C\CCCCCC(=O)OCC(COC(=O)CCCCCCCC)OC(=O)CCCCCCCCCCC. The van der Waals surface area contributed by atoms with Crippen LogP contribution in [0.25, 0.3) is 0 Å². The second-order valence-corrected chi connectivity index (χ2v) is 15.3. The van der Waals surface area contributed by atoms with Crippen molar-refractivity contribution >= 4 is 17.9 Å². The van der Waals surface area contributed by atoms with Gasteiger partial charge in [0.25, 0.3) is 0 Å². The summed E-state index contributed by atoms with van der Waals surface area (Å²) < 4.78 is 16.6. The number of carbonyl (C=O) groups excluding carboxylic acids is 3. The van der Waals surface area contributed by atoms with E-state index in [0.29, 0.717) is 19.3 Å². The topological polar surface area (TPSA) is 78.9 Å². The molecule has 0 heterocycles. The molecule has 0 saturated carbocycles. The van der Waals surface area contributed by atoms with Crippen molar-refractivity contribution in [3.8, 4) is 0 Å². The van der Waals surface area contributed by atoms with Gasteiger partial charge in [-0.2, -0.15) is 0 Å². The molecule has 0 radical (unpaired) electrons. The van der Waals surface area contributed by atoms with Gasteiger partial charge in [0.05, 0.1) is 0 Å². The standard InChI is InChI=1S/C52H86O6/c1-4-7-10-13-16-18-19-20-21-22-23-24-25-26-27-28-29-30-31-32-33-35-36-39-42-45-51(54)57-48-49(47-56-50(53)44-41-38-15-12-9-6-3)58-52(55)46-43-40-37-34-17-14-11-8-5-2/h7,10,16,18,20-21,23-24,26-27,29-30,32-33,49H,4-6,8-9,11-15,17,19,22,25,28,31,34-48H2,1-3H3/b10-7-,18-16-,21-20-,24-23-,27-26-,30-29-,33-32-. The Hall–Kier alpha value is -3.41. The fourth-order valence-electron chi connectivity index (χ4n) is 6.13. The number of unbranched alkanes of at least 4 members (excludes halogenated alkanes) is 16. The molecule has 6 nitrogen and oxygen atoms in total. The molecule has 0 aliphatic rings. The number of ether oxygens (including phenoxy) is 3. The summed E-state index contributed by atoms with van der Waals surface area (Å²) in [5.41, 5.74) is 0. The minimum atomic E-state index is -0.783. The molecule has 330 valence electrons. The van der Waals surface area contributed by atoms with Crippen molar-refractivity contribution in [1.82, 2.24) is 0 Å². The summed E-state index contributed by atoms with van der Waals surface area (Å²) in [6.07, 6.45) is 58.8. The van der Waals surface area contributed by atoms with E-state index < -0.39 is 6.10 Å². The smallest absolute Gasteiger partial charge is 0.306 e. The Labute approximate surface area is 356 Å². The van der Waals surface area contributed by atoms with Crippen LogP contribution in [0.5, 0.6) is 0 Å². The van der Waals surface area contributed by atoms with Crippen LogP contribution in [0.3, 0.4) is 0 Å². The summed E-state index contributed by atoms with van der Waals surface area (Å²) in [5, 5.41) is 0. The van der Waals surface area contributed by atoms with Crippen molar-refractivity contribution in [1.29, 1.82) is 0 Å². The molecule has 58 heavy (non-hydrogen) atoms. The lowest BCUT2D eigenvalue weighted by Gasteiger charge is -2.18. The Kier molecular flexibility index (Phi) is 43.6. The predicted octanol–water partition coefficient (Wildman–Crippen LogP) is 15.3. The first-order chi connectivity index (χ1) is 28.5. The van der Waals surface area contributed by atoms with Crippen LogP contribution in [0.4, 0.5) is 0 Å². The molecular formula is C52H86O6. The number of allylic oxidation sites excluding steroid dienone is 14. The number of hydrogen-bond donors (Lipinski definition) is 0. The Morgan fingerprint density at radius 2 is 0.672 bits per heavy atom. The first-order valence-corrected chi connectivity index (χ1v) is 23.6. The third kappa shape index (κ3) is 43.7. The van der Waals surface area contributed by atoms with Crippen molar-refractivity contribution in [3.63, 3.8) is 0 Å². The van der Waals surface area contributed by atoms with Crippen LogP contribution in [0.1, 0.15) is 207 Å². The normalized spacial score (nSPS) is 12.8. The Balaban J connectivity index is 4.23. The summed E-state index contributed by atoms with van der Waals surface area (Å²) in [6, 6.07) is 0. The van der Waals surface area contributed by atoms with Crippen molar-refractivity contribution in [2.24, 2.45) is 0 Å². The highest BCUT2D eigenvalue weighted by molar-refractivity contribution is 5.71. The zero-order valence-electron chi connectivity index (χ0n) is 37.5. The molecule has 6 heteroatoms. The minimum Gasteiger partial charge on any atom is -0.462 e. The van der Waals surface area contributed by atoms with Crippen LogP contribution in [-0.4, -0.2) is 37.2 Å². The predicted molar refractivity (Wildman–Crippen MR) is 247 cm³/mol. The highest BCUT2D eigenvalue weighted by Crippen LogP contribution is 2.13. The molecule has 1 atom stereocenters. The van der Waals surface area contributed by atoms with Gasteiger partial charge in [-0.05, 0) is 77.0 Å². The van der Waals surface area contributed by atoms with Gasteiger partial charge in [-0.25, -0.2) is 0 Å². The third-order valence-corrected chi connectivity index (χ3v) is 9.66. The fraction of sp³-hybridized carbons (Fsp3) is 0.673. The van der Waals surface area contributed by atoms with Crippen LogP contribution in [0, 0.1) is 0 Å². The maximum Gasteiger partial charge on any atom is 0.306 e. The van der Waals surface area contributed by atoms with E-state index >= 15 is 0 Å². The number of esters is 3. The fourth-order valence-corrected chi connectivity index (χ4v) is 6.13. The molecule has 0 bridgehead atoms. The van der Waals surface area contributed by atoms with Crippen LogP contribution >= 0.6 is 0 Å². The lowest BCUT2D eigenvalue weighted by atomic mass is 10.1. The van der Waals surface area contributed by atoms with E-state index in [9.17, 15) is 14.4 Å². The van der Waals surface area contributed by atoms with Gasteiger partial charge >= 0.3 is 17.9 Å². The van der Waals surface area contributed by atoms with Crippen LogP contribution in [0.15, 0.2) is 85.1 Å². The van der Waals surface area contributed by atoms with Crippen LogP contribution < -0.4 is 0 Å². The highest BCUT2D eigenvalue weighted by atomic mass is 16.6. The zero-order valence-corrected chi connectivity index (χ0v) is 37.5. The van der Waals surface area contributed by atoms with E-state index in [4.69, 9.17) is 14.2 Å². The second kappa shape index (κ2) is 46.3. The largest absolute Gasteiger partial charge is 0.462 e. The minimum absolute atomic E-state index is 0.0870. The zero-order chi connectivity index (χ0) is 42.3. The van der Waals surface area contributed by atoms with Gasteiger partial charge in [0.2, 0.25) is 0 Å². The van der Waals surface area contributed by atoms with Crippen molar-refractivity contribution < 1.29 is 28.6 Å². The molecule has 0 saturated heterocycles. The molecular weight excluding hydrogens is 721 g/mol. The first-order valence-electron chi connectivity index (χ1n) is 23.6. The van der Waals surface area contributed by atoms with Crippen LogP contribution in [-0.2, 0) is 28.6 Å². The van der Waals surface area contributed by atoms with Gasteiger partial charge in [0, 0.05) is 19.3 Å². The Morgan fingerprint density at radius 3 is 1.05 bits per heavy atom. The maximum atomic E-state index is 12.6. The molecule has 0 aromatic rings. The van der Waals surface area contributed by atoms with E-state index in [2.05, 4.69) is 106 Å². The lowest BCUT2D eigenvalue weighted by molar-refractivity contribution is -0.167. The number of rotatable bonds is 41. The molecule has 0 fully saturated rings. The molecule has 1 unspecified atom stereocenters. The molecule has 0 rings (SSSR count). The van der Waals surface area contributed by atoms with Gasteiger partial charge in [-0.15, -0.1) is 0 Å². The number of carbonyl (C=O) groups is 3. The molecule has 0 aliphatic carbocycles. The average molecular weight is 807 g/mol.